The molecule has 0 bridgehead atoms. The fraction of sp³-hybridized carbons (Fsp3) is 0.129. The maximum Gasteiger partial charge on any atom is 0.273 e. The predicted molar refractivity (Wildman–Crippen MR) is 172 cm³/mol. The maximum atomic E-state index is 13.9. The molecule has 232 valence electrons. The highest BCUT2D eigenvalue weighted by atomic mass is 35.5. The molecule has 0 heterocycles. The highest BCUT2D eigenvalue weighted by Crippen LogP contribution is 2.35. The predicted octanol–water partition coefficient (Wildman–Crippen LogP) is 5.55. The highest BCUT2D eigenvalue weighted by molar-refractivity contribution is 7.92. The van der Waals surface area contributed by atoms with Crippen LogP contribution in [-0.2, 0) is 14.8 Å². The first-order chi connectivity index (χ1) is 21.4. The Morgan fingerprint density at radius 3 is 2.38 bits per heavy atom. The number of halogens is 1. The normalized spacial score (nSPS) is 11.4. The van der Waals surface area contributed by atoms with Crippen LogP contribution < -0.4 is 19.8 Å². The number of carbonyl (C=O) groups excluding carboxylic acids is 2. The minimum absolute atomic E-state index is 0.0639. The molecule has 0 aliphatic rings. The van der Waals surface area contributed by atoms with E-state index >= 15 is 0 Å². The number of anilines is 2. The second-order valence-corrected chi connectivity index (χ2v) is 12.0. The van der Waals surface area contributed by atoms with Gasteiger partial charge in [-0.3, -0.25) is 24.0 Å². The minimum atomic E-state index is -4.56. The van der Waals surface area contributed by atoms with Gasteiger partial charge in [0.2, 0.25) is 0 Å². The molecule has 0 saturated carbocycles. The van der Waals surface area contributed by atoms with Gasteiger partial charge in [-0.1, -0.05) is 48.0 Å². The number of ether oxygens (including phenoxy) is 1. The summed E-state index contributed by atoms with van der Waals surface area (Å²) in [6.07, 6.45) is 0. The monoisotopic (exact) mass is 649 g/mol. The Hall–Kier alpha value is -5.27. The Kier molecular flexibility index (Phi) is 10.2. The van der Waals surface area contributed by atoms with E-state index in [-0.39, 0.29) is 27.9 Å². The molecule has 0 atom stereocenters. The van der Waals surface area contributed by atoms with Crippen molar-refractivity contribution in [3.05, 3.63) is 123 Å². The molecule has 0 aliphatic carbocycles. The van der Waals surface area contributed by atoms with E-state index in [0.717, 1.165) is 10.4 Å². The van der Waals surface area contributed by atoms with Crippen molar-refractivity contribution in [2.75, 3.05) is 23.3 Å². The summed E-state index contributed by atoms with van der Waals surface area (Å²) in [6.45, 7) is 2.33. The first-order valence-corrected chi connectivity index (χ1v) is 15.1. The summed E-state index contributed by atoms with van der Waals surface area (Å²) < 4.78 is 33.8. The summed E-state index contributed by atoms with van der Waals surface area (Å²) in [5, 5.41) is 18.6. The van der Waals surface area contributed by atoms with Crippen molar-refractivity contribution in [3.8, 4) is 5.75 Å². The van der Waals surface area contributed by atoms with Gasteiger partial charge in [-0.25, -0.2) is 13.8 Å². The quantitative estimate of drug-likeness (QED) is 0.122. The van der Waals surface area contributed by atoms with Gasteiger partial charge in [-0.05, 0) is 67.9 Å². The molecule has 14 heteroatoms. The second-order valence-electron chi connectivity index (χ2n) is 9.67. The zero-order valence-electron chi connectivity index (χ0n) is 24.4. The van der Waals surface area contributed by atoms with Gasteiger partial charge in [0.25, 0.3) is 27.5 Å². The van der Waals surface area contributed by atoms with Crippen molar-refractivity contribution in [3.63, 3.8) is 0 Å². The minimum Gasteiger partial charge on any atom is -0.495 e. The molecule has 45 heavy (non-hydrogen) atoms. The van der Waals surface area contributed by atoms with E-state index in [1.54, 1.807) is 61.5 Å². The Bertz CT molecular complexity index is 1900. The number of hydrazone groups is 1. The lowest BCUT2D eigenvalue weighted by atomic mass is 10.1. The third-order valence-corrected chi connectivity index (χ3v) is 8.58. The van der Waals surface area contributed by atoms with Gasteiger partial charge >= 0.3 is 0 Å². The van der Waals surface area contributed by atoms with Crippen LogP contribution >= 0.6 is 11.6 Å². The van der Waals surface area contributed by atoms with Gasteiger partial charge in [0.15, 0.2) is 0 Å². The Balaban J connectivity index is 1.60. The lowest BCUT2D eigenvalue weighted by Gasteiger charge is -2.25. The number of amides is 2. The molecule has 4 aromatic rings. The molecule has 0 saturated heterocycles. The summed E-state index contributed by atoms with van der Waals surface area (Å²) in [5.41, 5.74) is 4.08. The highest BCUT2D eigenvalue weighted by Gasteiger charge is 2.31. The molecular formula is C31H28ClN5O7S. The van der Waals surface area contributed by atoms with Gasteiger partial charge in [-0.2, -0.15) is 5.10 Å². The van der Waals surface area contributed by atoms with Crippen LogP contribution in [0.15, 0.2) is 101 Å². The third-order valence-electron chi connectivity index (χ3n) is 6.58. The smallest absolute Gasteiger partial charge is 0.273 e. The molecule has 4 rings (SSSR count). The van der Waals surface area contributed by atoms with Crippen molar-refractivity contribution in [2.24, 2.45) is 5.10 Å². The van der Waals surface area contributed by atoms with Crippen LogP contribution in [0.4, 0.5) is 17.1 Å². The van der Waals surface area contributed by atoms with E-state index in [1.807, 2.05) is 0 Å². The van der Waals surface area contributed by atoms with Crippen molar-refractivity contribution in [2.45, 2.75) is 18.7 Å². The van der Waals surface area contributed by atoms with Gasteiger partial charge in [0, 0.05) is 27.9 Å². The number of sulfonamides is 1. The van der Waals surface area contributed by atoms with E-state index in [1.165, 1.54) is 44.4 Å². The lowest BCUT2D eigenvalue weighted by molar-refractivity contribution is -0.385. The summed E-state index contributed by atoms with van der Waals surface area (Å²) in [4.78, 5) is 36.1. The van der Waals surface area contributed by atoms with E-state index in [4.69, 9.17) is 16.3 Å². The fourth-order valence-electron chi connectivity index (χ4n) is 4.22. The number of nitro benzene ring substituents is 1. The van der Waals surface area contributed by atoms with Crippen molar-refractivity contribution < 1.29 is 27.7 Å². The molecule has 0 aliphatic heterocycles. The first-order valence-electron chi connectivity index (χ1n) is 13.3. The van der Waals surface area contributed by atoms with Gasteiger partial charge in [-0.15, -0.1) is 0 Å². The number of nitrogens with one attached hydrogen (secondary N) is 2. The van der Waals surface area contributed by atoms with Crippen LogP contribution in [0.1, 0.15) is 28.4 Å². The number of nitrogens with zero attached hydrogens (tertiary/aromatic N) is 3. The van der Waals surface area contributed by atoms with E-state index in [2.05, 4.69) is 15.8 Å². The van der Waals surface area contributed by atoms with Crippen LogP contribution in [0.5, 0.6) is 5.75 Å². The van der Waals surface area contributed by atoms with E-state index in [0.29, 0.717) is 22.5 Å². The average molecular weight is 650 g/mol. The lowest BCUT2D eigenvalue weighted by Crippen LogP contribution is -2.40. The van der Waals surface area contributed by atoms with E-state index < -0.39 is 38.0 Å². The zero-order chi connectivity index (χ0) is 32.7. The molecule has 0 unspecified atom stereocenters. The Morgan fingerprint density at radius 2 is 1.69 bits per heavy atom. The number of nitro groups is 1. The topological polar surface area (TPSA) is 160 Å². The molecule has 0 radical (unpaired) electrons. The number of methoxy groups -OCH3 is 1. The van der Waals surface area contributed by atoms with Crippen LogP contribution in [0.2, 0.25) is 5.02 Å². The van der Waals surface area contributed by atoms with Crippen molar-refractivity contribution >= 4 is 56.2 Å². The van der Waals surface area contributed by atoms with Gasteiger partial charge in [0.05, 0.1) is 28.3 Å². The van der Waals surface area contributed by atoms with Gasteiger partial charge in [0.1, 0.15) is 12.3 Å². The summed E-state index contributed by atoms with van der Waals surface area (Å²) in [5.74, 6) is -1.03. The molecule has 0 aromatic heterocycles. The zero-order valence-corrected chi connectivity index (χ0v) is 25.9. The molecule has 2 amide bonds. The third kappa shape index (κ3) is 7.82. The van der Waals surface area contributed by atoms with Crippen LogP contribution in [-0.4, -0.2) is 44.5 Å². The maximum absolute atomic E-state index is 13.9. The molecule has 0 spiro atoms. The number of benzene rings is 4. The van der Waals surface area contributed by atoms with E-state index in [9.17, 15) is 28.1 Å². The number of rotatable bonds is 11. The number of aryl methyl sites for hydroxylation is 1. The molecule has 2 N–H and O–H groups in total. The van der Waals surface area contributed by atoms with Gasteiger partial charge < -0.3 is 10.1 Å². The van der Waals surface area contributed by atoms with Crippen LogP contribution in [0, 0.1) is 17.0 Å². The first kappa shape index (κ1) is 32.6. The largest absolute Gasteiger partial charge is 0.495 e. The molecule has 0 fully saturated rings. The van der Waals surface area contributed by atoms with Crippen molar-refractivity contribution in [1.82, 2.24) is 5.43 Å². The molecule has 4 aromatic carbocycles. The molecule has 12 nitrogen and oxygen atoms in total. The standard InChI is InChI=1S/C31H28ClN5O7S/c1-20-12-14-26(18-27(20)37(40)41)45(42,43)36(28-17-24(32)13-15-29(28)44-3)19-30(38)35-34-21(2)23-10-7-11-25(16-23)33-31(39)22-8-5-4-6-9-22/h4-18H,19H2,1-3H3,(H,33,39)(H,35,38)/b34-21-. The summed E-state index contributed by atoms with van der Waals surface area (Å²) in [6, 6.07) is 23.2. The molecular weight excluding hydrogens is 622 g/mol. The Morgan fingerprint density at radius 1 is 0.978 bits per heavy atom. The fourth-order valence-corrected chi connectivity index (χ4v) is 5.83. The van der Waals surface area contributed by atoms with Crippen molar-refractivity contribution in [1.29, 1.82) is 0 Å². The van der Waals surface area contributed by atoms with Crippen LogP contribution in [0.25, 0.3) is 0 Å². The number of carbonyl (C=O) groups is 2. The Labute approximate surface area is 264 Å². The average Bonchev–Trinajstić information content (AvgIpc) is 3.02. The number of hydrogen-bond donors (Lipinski definition) is 2. The summed E-state index contributed by atoms with van der Waals surface area (Å²) in [7, 11) is -3.24. The second kappa shape index (κ2) is 14.0. The summed E-state index contributed by atoms with van der Waals surface area (Å²) >= 11 is 6.17. The number of hydrogen-bond acceptors (Lipinski definition) is 8. The SMILES string of the molecule is COc1ccc(Cl)cc1N(CC(=O)N/N=C(/C)c1cccc(NC(=O)c2ccccc2)c1)S(=O)(=O)c1ccc(C)c([N+](=O)[O-])c1. The van der Waals surface area contributed by atoms with Crippen LogP contribution in [0.3, 0.4) is 0 Å².